The molecule has 0 unspecified atom stereocenters. The molecule has 0 atom stereocenters. The fraction of sp³-hybridized carbons (Fsp3) is 0.300. The molecule has 0 saturated carbocycles. The van der Waals surface area contributed by atoms with Gasteiger partial charge in [0.05, 0.1) is 15.9 Å². The lowest BCUT2D eigenvalue weighted by atomic mass is 9.75. The number of sulfone groups is 1. The van der Waals surface area contributed by atoms with E-state index in [0.29, 0.717) is 12.8 Å². The zero-order valence-electron chi connectivity index (χ0n) is 15.5. The summed E-state index contributed by atoms with van der Waals surface area (Å²) < 4.78 is 23.7. The predicted octanol–water partition coefficient (Wildman–Crippen LogP) is 3.48. The average Bonchev–Trinajstić information content (AvgIpc) is 2.63. The Morgan fingerprint density at radius 1 is 1.04 bits per heavy atom. The third kappa shape index (κ3) is 4.36. The first kappa shape index (κ1) is 20.6. The average molecular weight is 389 g/mol. The first-order valence-corrected chi connectivity index (χ1v) is 10.5. The largest absolute Gasteiger partial charge is 0.478 e. The Morgan fingerprint density at radius 3 is 2.11 bits per heavy atom. The van der Waals surface area contributed by atoms with Crippen LogP contribution >= 0.6 is 0 Å². The second-order valence-electron chi connectivity index (χ2n) is 6.43. The van der Waals surface area contributed by atoms with Gasteiger partial charge in [0.1, 0.15) is 0 Å². The Hall–Kier alpha value is -2.67. The molecule has 0 heterocycles. The quantitative estimate of drug-likeness (QED) is 0.755. The first-order chi connectivity index (χ1) is 12.6. The maximum atomic E-state index is 13.1. The van der Waals surface area contributed by atoms with Gasteiger partial charge in [-0.15, -0.1) is 0 Å². The minimum absolute atomic E-state index is 0.141. The van der Waals surface area contributed by atoms with Gasteiger partial charge in [0.2, 0.25) is 5.91 Å². The molecule has 0 aliphatic rings. The highest BCUT2D eigenvalue weighted by Crippen LogP contribution is 2.33. The Labute approximate surface area is 159 Å². The lowest BCUT2D eigenvalue weighted by Gasteiger charge is -2.31. The first-order valence-electron chi connectivity index (χ1n) is 8.59. The summed E-state index contributed by atoms with van der Waals surface area (Å²) in [6.45, 7) is 3.82. The molecule has 1 amide bonds. The lowest BCUT2D eigenvalue weighted by molar-refractivity contribution is -0.121. The van der Waals surface area contributed by atoms with Gasteiger partial charge in [0.25, 0.3) is 0 Å². The van der Waals surface area contributed by atoms with E-state index in [1.54, 1.807) is 0 Å². The number of hydrogen-bond acceptors (Lipinski definition) is 4. The Morgan fingerprint density at radius 2 is 1.63 bits per heavy atom. The summed E-state index contributed by atoms with van der Waals surface area (Å²) in [7, 11) is -3.63. The summed E-state index contributed by atoms with van der Waals surface area (Å²) in [4.78, 5) is 24.3. The third-order valence-corrected chi connectivity index (χ3v) is 5.90. The molecule has 144 valence electrons. The van der Waals surface area contributed by atoms with Gasteiger partial charge in [-0.2, -0.15) is 0 Å². The van der Waals surface area contributed by atoms with Crippen molar-refractivity contribution < 1.29 is 23.1 Å². The maximum absolute atomic E-state index is 13.1. The van der Waals surface area contributed by atoms with E-state index in [0.717, 1.165) is 17.9 Å². The van der Waals surface area contributed by atoms with Crippen molar-refractivity contribution in [1.29, 1.82) is 0 Å². The standard InChI is InChI=1S/C20H23NO5S/c1-4-20(5-2,15-9-7-6-8-10-15)19(24)21-16-11-14(18(22)23)12-17(13-16)27(3,25)26/h6-13H,4-5H2,1-3H3,(H,21,24)(H,22,23). The van der Waals surface area contributed by atoms with Crippen molar-refractivity contribution in [3.8, 4) is 0 Å². The van der Waals surface area contributed by atoms with Gasteiger partial charge in [-0.25, -0.2) is 13.2 Å². The molecule has 0 bridgehead atoms. The number of amides is 1. The van der Waals surface area contributed by atoms with Crippen molar-refractivity contribution >= 4 is 27.4 Å². The fourth-order valence-electron chi connectivity index (χ4n) is 3.13. The van der Waals surface area contributed by atoms with Gasteiger partial charge in [-0.3, -0.25) is 4.79 Å². The summed E-state index contributed by atoms with van der Waals surface area (Å²) in [6.07, 6.45) is 2.07. The highest BCUT2D eigenvalue weighted by molar-refractivity contribution is 7.90. The van der Waals surface area contributed by atoms with Crippen molar-refractivity contribution in [2.24, 2.45) is 0 Å². The molecule has 0 saturated heterocycles. The minimum atomic E-state index is -3.63. The van der Waals surface area contributed by atoms with Gasteiger partial charge in [0, 0.05) is 11.9 Å². The van der Waals surface area contributed by atoms with Crippen LogP contribution in [0, 0.1) is 0 Å². The molecule has 0 spiro atoms. The number of carboxylic acid groups (broad SMARTS) is 1. The van der Waals surface area contributed by atoms with E-state index in [-0.39, 0.29) is 22.1 Å². The molecule has 2 aromatic carbocycles. The van der Waals surface area contributed by atoms with Gasteiger partial charge < -0.3 is 10.4 Å². The Balaban J connectivity index is 2.49. The van der Waals surface area contributed by atoms with Gasteiger partial charge in [-0.05, 0) is 36.6 Å². The van der Waals surface area contributed by atoms with E-state index in [9.17, 15) is 23.1 Å². The number of anilines is 1. The van der Waals surface area contributed by atoms with Crippen LogP contribution in [-0.4, -0.2) is 31.7 Å². The molecule has 0 aliphatic carbocycles. The van der Waals surface area contributed by atoms with Crippen LogP contribution in [0.1, 0.15) is 42.6 Å². The van der Waals surface area contributed by atoms with E-state index in [1.165, 1.54) is 12.1 Å². The molecule has 2 rings (SSSR count). The van der Waals surface area contributed by atoms with Crippen LogP contribution in [0.15, 0.2) is 53.4 Å². The topological polar surface area (TPSA) is 101 Å². The highest BCUT2D eigenvalue weighted by Gasteiger charge is 2.36. The summed E-state index contributed by atoms with van der Waals surface area (Å²) in [5, 5.41) is 12.0. The number of carbonyl (C=O) groups excluding carboxylic acids is 1. The second kappa shape index (κ2) is 7.92. The van der Waals surface area contributed by atoms with Crippen molar-refractivity contribution in [3.63, 3.8) is 0 Å². The van der Waals surface area contributed by atoms with Crippen molar-refractivity contribution in [2.45, 2.75) is 37.0 Å². The lowest BCUT2D eigenvalue weighted by Crippen LogP contribution is -2.39. The van der Waals surface area contributed by atoms with Crippen LogP contribution in [0.4, 0.5) is 5.69 Å². The molecule has 27 heavy (non-hydrogen) atoms. The zero-order chi connectivity index (χ0) is 20.2. The fourth-order valence-corrected chi connectivity index (χ4v) is 3.81. The van der Waals surface area contributed by atoms with Crippen molar-refractivity contribution in [1.82, 2.24) is 0 Å². The molecular weight excluding hydrogens is 366 g/mol. The smallest absolute Gasteiger partial charge is 0.335 e. The van der Waals surface area contributed by atoms with Gasteiger partial charge >= 0.3 is 5.97 Å². The van der Waals surface area contributed by atoms with Crippen LogP contribution < -0.4 is 5.32 Å². The van der Waals surface area contributed by atoms with Crippen molar-refractivity contribution in [2.75, 3.05) is 11.6 Å². The summed E-state index contributed by atoms with van der Waals surface area (Å²) in [6, 6.07) is 13.0. The van der Waals surface area contributed by atoms with E-state index in [4.69, 9.17) is 0 Å². The maximum Gasteiger partial charge on any atom is 0.335 e. The van der Waals surface area contributed by atoms with E-state index >= 15 is 0 Å². The van der Waals surface area contributed by atoms with Crippen LogP contribution in [0.5, 0.6) is 0 Å². The molecule has 0 radical (unpaired) electrons. The van der Waals surface area contributed by atoms with E-state index < -0.39 is 21.2 Å². The van der Waals surface area contributed by atoms with E-state index in [1.807, 2.05) is 44.2 Å². The number of carbonyl (C=O) groups is 2. The molecule has 0 aromatic heterocycles. The number of hydrogen-bond donors (Lipinski definition) is 2. The normalized spacial score (nSPS) is 11.8. The van der Waals surface area contributed by atoms with E-state index in [2.05, 4.69) is 5.32 Å². The molecule has 2 aromatic rings. The van der Waals surface area contributed by atoms with Crippen LogP contribution in [-0.2, 0) is 20.0 Å². The highest BCUT2D eigenvalue weighted by atomic mass is 32.2. The molecule has 7 heteroatoms. The number of aromatic carboxylic acids is 1. The summed E-state index contributed by atoms with van der Waals surface area (Å²) in [5.41, 5.74) is -0.00885. The Kier molecular flexibility index (Phi) is 6.05. The molecular formula is C20H23NO5S. The number of nitrogens with one attached hydrogen (secondary N) is 1. The monoisotopic (exact) mass is 389 g/mol. The SMILES string of the molecule is CCC(CC)(C(=O)Nc1cc(C(=O)O)cc(S(C)(=O)=O)c1)c1ccccc1. The number of rotatable bonds is 7. The molecule has 0 fully saturated rings. The number of carboxylic acids is 1. The minimum Gasteiger partial charge on any atom is -0.478 e. The van der Waals surface area contributed by atoms with Gasteiger partial charge in [-0.1, -0.05) is 44.2 Å². The van der Waals surface area contributed by atoms with Crippen LogP contribution in [0.3, 0.4) is 0 Å². The summed E-state index contributed by atoms with van der Waals surface area (Å²) >= 11 is 0. The molecule has 0 aliphatic heterocycles. The molecule has 6 nitrogen and oxygen atoms in total. The predicted molar refractivity (Wildman–Crippen MR) is 104 cm³/mol. The molecule has 2 N–H and O–H groups in total. The number of benzene rings is 2. The summed E-state index contributed by atoms with van der Waals surface area (Å²) in [5.74, 6) is -1.57. The van der Waals surface area contributed by atoms with Crippen LogP contribution in [0.2, 0.25) is 0 Å². The zero-order valence-corrected chi connectivity index (χ0v) is 16.3. The van der Waals surface area contributed by atoms with Crippen LogP contribution in [0.25, 0.3) is 0 Å². The Bertz CT molecular complexity index is 948. The second-order valence-corrected chi connectivity index (χ2v) is 8.45. The van der Waals surface area contributed by atoms with Crippen molar-refractivity contribution in [3.05, 3.63) is 59.7 Å². The van der Waals surface area contributed by atoms with Gasteiger partial charge in [0.15, 0.2) is 9.84 Å². The third-order valence-electron chi connectivity index (χ3n) is 4.81.